The Balaban J connectivity index is 2.90. The Labute approximate surface area is 128 Å². The van der Waals surface area contributed by atoms with Crippen molar-refractivity contribution in [1.82, 2.24) is 5.32 Å². The molecule has 2 atom stereocenters. The molecule has 4 nitrogen and oxygen atoms in total. The minimum absolute atomic E-state index is 0.125. The number of benzene rings is 1. The molecule has 0 heterocycles. The Bertz CT molecular complexity index is 409. The largest absolute Gasteiger partial charge is 0.497 e. The lowest BCUT2D eigenvalue weighted by Crippen LogP contribution is -2.28. The first-order valence-electron chi connectivity index (χ1n) is 7.73. The van der Waals surface area contributed by atoms with Crippen molar-refractivity contribution in [3.8, 4) is 11.5 Å². The second-order valence-electron chi connectivity index (χ2n) is 5.17. The van der Waals surface area contributed by atoms with Gasteiger partial charge in [-0.2, -0.15) is 0 Å². The van der Waals surface area contributed by atoms with E-state index in [2.05, 4.69) is 26.1 Å². The first-order chi connectivity index (χ1) is 10.2. The molecule has 0 aliphatic heterocycles. The molecule has 1 N–H and O–H groups in total. The van der Waals surface area contributed by atoms with Gasteiger partial charge in [0.1, 0.15) is 11.5 Å². The molecule has 0 bridgehead atoms. The fraction of sp³-hybridized carbons (Fsp3) is 0.647. The third-order valence-corrected chi connectivity index (χ3v) is 3.58. The van der Waals surface area contributed by atoms with Gasteiger partial charge in [-0.25, -0.2) is 0 Å². The number of rotatable bonds is 10. The summed E-state index contributed by atoms with van der Waals surface area (Å²) in [5.41, 5.74) is 1.11. The van der Waals surface area contributed by atoms with E-state index in [1.807, 2.05) is 18.2 Å². The summed E-state index contributed by atoms with van der Waals surface area (Å²) >= 11 is 0. The third kappa shape index (κ3) is 5.56. The van der Waals surface area contributed by atoms with Crippen LogP contribution in [-0.4, -0.2) is 33.5 Å². The topological polar surface area (TPSA) is 39.7 Å². The van der Waals surface area contributed by atoms with Crippen LogP contribution in [0.25, 0.3) is 0 Å². The molecular formula is C17H29NO3. The van der Waals surface area contributed by atoms with Crippen LogP contribution >= 0.6 is 0 Å². The molecule has 120 valence electrons. The van der Waals surface area contributed by atoms with Gasteiger partial charge in [0.2, 0.25) is 0 Å². The SMILES string of the molecule is CCCNC(COC(C)CC)c1ccc(OC)cc1OC. The van der Waals surface area contributed by atoms with Gasteiger partial charge in [0.25, 0.3) is 0 Å². The highest BCUT2D eigenvalue weighted by Gasteiger charge is 2.17. The fourth-order valence-corrected chi connectivity index (χ4v) is 2.06. The molecular weight excluding hydrogens is 266 g/mol. The quantitative estimate of drug-likeness (QED) is 0.716. The van der Waals surface area contributed by atoms with E-state index in [1.165, 1.54) is 0 Å². The van der Waals surface area contributed by atoms with Crippen molar-refractivity contribution >= 4 is 0 Å². The van der Waals surface area contributed by atoms with Gasteiger partial charge in [-0.1, -0.05) is 13.8 Å². The molecule has 1 rings (SSSR count). The third-order valence-electron chi connectivity index (χ3n) is 3.58. The highest BCUT2D eigenvalue weighted by molar-refractivity contribution is 5.42. The Morgan fingerprint density at radius 1 is 1.14 bits per heavy atom. The molecule has 2 unspecified atom stereocenters. The van der Waals surface area contributed by atoms with Gasteiger partial charge in [0.05, 0.1) is 33.0 Å². The van der Waals surface area contributed by atoms with Gasteiger partial charge in [-0.3, -0.25) is 0 Å². The number of ether oxygens (including phenoxy) is 3. The highest BCUT2D eigenvalue weighted by atomic mass is 16.5. The van der Waals surface area contributed by atoms with Crippen molar-refractivity contribution in [3.05, 3.63) is 23.8 Å². The molecule has 0 fully saturated rings. The minimum atomic E-state index is 0.125. The Kier molecular flexibility index (Phi) is 8.16. The van der Waals surface area contributed by atoms with Crippen molar-refractivity contribution in [3.63, 3.8) is 0 Å². The number of methoxy groups -OCH3 is 2. The molecule has 0 saturated heterocycles. The van der Waals surface area contributed by atoms with Crippen molar-refractivity contribution in [2.45, 2.75) is 45.8 Å². The second kappa shape index (κ2) is 9.64. The zero-order valence-electron chi connectivity index (χ0n) is 13.9. The first-order valence-corrected chi connectivity index (χ1v) is 7.73. The van der Waals surface area contributed by atoms with E-state index >= 15 is 0 Å². The van der Waals surface area contributed by atoms with E-state index in [1.54, 1.807) is 14.2 Å². The number of nitrogens with one attached hydrogen (secondary N) is 1. The predicted octanol–water partition coefficient (Wildman–Crippen LogP) is 3.56. The van der Waals surface area contributed by atoms with Crippen LogP contribution in [0.5, 0.6) is 11.5 Å². The zero-order valence-corrected chi connectivity index (χ0v) is 13.9. The molecule has 0 radical (unpaired) electrons. The lowest BCUT2D eigenvalue weighted by Gasteiger charge is -2.23. The summed E-state index contributed by atoms with van der Waals surface area (Å²) in [5, 5.41) is 3.53. The summed E-state index contributed by atoms with van der Waals surface area (Å²) in [6.07, 6.45) is 2.36. The molecule has 0 spiro atoms. The van der Waals surface area contributed by atoms with Gasteiger partial charge in [-0.05, 0) is 38.4 Å². The molecule has 0 aromatic heterocycles. The van der Waals surface area contributed by atoms with Gasteiger partial charge < -0.3 is 19.5 Å². The van der Waals surface area contributed by atoms with Crippen LogP contribution < -0.4 is 14.8 Å². The number of hydrogen-bond acceptors (Lipinski definition) is 4. The molecule has 0 saturated carbocycles. The van der Waals surface area contributed by atoms with Gasteiger partial charge in [0, 0.05) is 11.6 Å². The average molecular weight is 295 g/mol. The summed E-state index contributed by atoms with van der Waals surface area (Å²) in [5.74, 6) is 1.63. The second-order valence-corrected chi connectivity index (χ2v) is 5.17. The fourth-order valence-electron chi connectivity index (χ4n) is 2.06. The van der Waals surface area contributed by atoms with E-state index in [4.69, 9.17) is 14.2 Å². The monoisotopic (exact) mass is 295 g/mol. The van der Waals surface area contributed by atoms with E-state index in [0.29, 0.717) is 6.61 Å². The maximum atomic E-state index is 5.91. The molecule has 0 aliphatic rings. The molecule has 1 aromatic rings. The average Bonchev–Trinajstić information content (AvgIpc) is 2.54. The summed E-state index contributed by atoms with van der Waals surface area (Å²) in [6, 6.07) is 6.05. The molecule has 0 aliphatic carbocycles. The van der Waals surface area contributed by atoms with Crippen molar-refractivity contribution in [1.29, 1.82) is 0 Å². The standard InChI is InChI=1S/C17H29NO3/c1-6-10-18-16(12-21-13(3)7-2)15-9-8-14(19-4)11-17(15)20-5/h8-9,11,13,16,18H,6-7,10,12H2,1-5H3. The molecule has 0 amide bonds. The van der Waals surface area contributed by atoms with Crippen LogP contribution in [0.2, 0.25) is 0 Å². The van der Waals surface area contributed by atoms with Crippen LogP contribution in [0.1, 0.15) is 45.2 Å². The summed E-state index contributed by atoms with van der Waals surface area (Å²) in [4.78, 5) is 0. The smallest absolute Gasteiger partial charge is 0.127 e. The van der Waals surface area contributed by atoms with Crippen LogP contribution in [0, 0.1) is 0 Å². The summed E-state index contributed by atoms with van der Waals surface area (Å²) in [6.45, 7) is 7.97. The molecule has 21 heavy (non-hydrogen) atoms. The molecule has 1 aromatic carbocycles. The van der Waals surface area contributed by atoms with Gasteiger partial charge in [-0.15, -0.1) is 0 Å². The number of hydrogen-bond donors (Lipinski definition) is 1. The summed E-state index contributed by atoms with van der Waals surface area (Å²) in [7, 11) is 3.35. The highest BCUT2D eigenvalue weighted by Crippen LogP contribution is 2.30. The summed E-state index contributed by atoms with van der Waals surface area (Å²) < 4.78 is 16.7. The first kappa shape index (κ1) is 17.8. The van der Waals surface area contributed by atoms with Gasteiger partial charge in [0.15, 0.2) is 0 Å². The predicted molar refractivity (Wildman–Crippen MR) is 86.3 cm³/mol. The lowest BCUT2D eigenvalue weighted by molar-refractivity contribution is 0.0469. The molecule has 4 heteroatoms. The van der Waals surface area contributed by atoms with Crippen LogP contribution in [0.4, 0.5) is 0 Å². The van der Waals surface area contributed by atoms with Crippen molar-refractivity contribution in [2.75, 3.05) is 27.4 Å². The van der Waals surface area contributed by atoms with Gasteiger partial charge >= 0.3 is 0 Å². The maximum Gasteiger partial charge on any atom is 0.127 e. The van der Waals surface area contributed by atoms with Crippen LogP contribution in [-0.2, 0) is 4.74 Å². The van der Waals surface area contributed by atoms with E-state index in [-0.39, 0.29) is 12.1 Å². The lowest BCUT2D eigenvalue weighted by atomic mass is 10.1. The Morgan fingerprint density at radius 3 is 2.48 bits per heavy atom. The van der Waals surface area contributed by atoms with Crippen molar-refractivity contribution in [2.24, 2.45) is 0 Å². The zero-order chi connectivity index (χ0) is 15.7. The van der Waals surface area contributed by atoms with Crippen LogP contribution in [0.15, 0.2) is 18.2 Å². The van der Waals surface area contributed by atoms with E-state index in [0.717, 1.165) is 36.4 Å². The van der Waals surface area contributed by atoms with E-state index in [9.17, 15) is 0 Å². The van der Waals surface area contributed by atoms with E-state index < -0.39 is 0 Å². The Morgan fingerprint density at radius 2 is 1.90 bits per heavy atom. The minimum Gasteiger partial charge on any atom is -0.497 e. The Hall–Kier alpha value is -1.26. The maximum absolute atomic E-state index is 5.91. The van der Waals surface area contributed by atoms with Crippen LogP contribution in [0.3, 0.4) is 0 Å². The van der Waals surface area contributed by atoms with Crippen molar-refractivity contribution < 1.29 is 14.2 Å². The normalized spacial score (nSPS) is 13.8.